The van der Waals surface area contributed by atoms with Crippen molar-refractivity contribution in [3.63, 3.8) is 0 Å². The van der Waals surface area contributed by atoms with E-state index in [-0.39, 0.29) is 12.2 Å². The Labute approximate surface area is 148 Å². The van der Waals surface area contributed by atoms with Crippen LogP contribution < -0.4 is 15.5 Å². The Balaban J connectivity index is 1.71. The number of nitrogens with zero attached hydrogens (tertiary/aromatic N) is 4. The highest BCUT2D eigenvalue weighted by molar-refractivity contribution is 5.93. The molecule has 0 bridgehead atoms. The number of rotatable bonds is 4. The molecule has 3 rings (SSSR count). The Morgan fingerprint density at radius 1 is 1.31 bits per heavy atom. The standard InChI is InChI=1S/C16H19F3N6O/c1-24(2)12-6-5-10(16(17,18)19)8-11(12)21-15(26)20-9-14-23-22-13-4-3-7-25(13)14/h5-6,8H,3-4,7,9H2,1-2H3,(H2,20,21,26). The van der Waals surface area contributed by atoms with E-state index >= 15 is 0 Å². The van der Waals surface area contributed by atoms with Gasteiger partial charge in [0.15, 0.2) is 5.82 Å². The first-order valence-corrected chi connectivity index (χ1v) is 8.10. The van der Waals surface area contributed by atoms with Gasteiger partial charge in [0.05, 0.1) is 23.5 Å². The summed E-state index contributed by atoms with van der Waals surface area (Å²) in [5.41, 5.74) is -0.279. The molecule has 0 radical (unpaired) electrons. The topological polar surface area (TPSA) is 75.1 Å². The number of fused-ring (bicyclic) bond motifs is 1. The summed E-state index contributed by atoms with van der Waals surface area (Å²) in [5.74, 6) is 1.51. The van der Waals surface area contributed by atoms with Crippen molar-refractivity contribution in [3.8, 4) is 0 Å². The number of carbonyl (C=O) groups excluding carboxylic acids is 1. The van der Waals surface area contributed by atoms with Crippen LogP contribution in [0, 0.1) is 0 Å². The zero-order chi connectivity index (χ0) is 18.9. The highest BCUT2D eigenvalue weighted by atomic mass is 19.4. The van der Waals surface area contributed by atoms with E-state index in [4.69, 9.17) is 0 Å². The van der Waals surface area contributed by atoms with Crippen LogP contribution in [0.2, 0.25) is 0 Å². The second-order valence-corrected chi connectivity index (χ2v) is 6.22. The molecule has 2 N–H and O–H groups in total. The van der Waals surface area contributed by atoms with Crippen LogP contribution in [0.4, 0.5) is 29.3 Å². The monoisotopic (exact) mass is 368 g/mol. The van der Waals surface area contributed by atoms with Crippen LogP contribution in [0.3, 0.4) is 0 Å². The summed E-state index contributed by atoms with van der Waals surface area (Å²) >= 11 is 0. The number of amides is 2. The van der Waals surface area contributed by atoms with Gasteiger partial charge in [-0.3, -0.25) is 0 Å². The lowest BCUT2D eigenvalue weighted by molar-refractivity contribution is -0.137. The summed E-state index contributed by atoms with van der Waals surface area (Å²) in [6.45, 7) is 0.953. The molecule has 1 aliphatic heterocycles. The minimum Gasteiger partial charge on any atom is -0.376 e. The smallest absolute Gasteiger partial charge is 0.376 e. The van der Waals surface area contributed by atoms with Crippen molar-refractivity contribution in [2.24, 2.45) is 0 Å². The molecule has 140 valence electrons. The van der Waals surface area contributed by atoms with Crippen molar-refractivity contribution >= 4 is 17.4 Å². The van der Waals surface area contributed by atoms with Crippen LogP contribution in [0.15, 0.2) is 18.2 Å². The second-order valence-electron chi connectivity index (χ2n) is 6.22. The Morgan fingerprint density at radius 2 is 2.08 bits per heavy atom. The first-order valence-electron chi connectivity index (χ1n) is 8.10. The van der Waals surface area contributed by atoms with E-state index in [9.17, 15) is 18.0 Å². The molecule has 0 fully saturated rings. The van der Waals surface area contributed by atoms with Crippen molar-refractivity contribution in [2.45, 2.75) is 32.1 Å². The van der Waals surface area contributed by atoms with Gasteiger partial charge in [0.1, 0.15) is 5.82 Å². The molecule has 0 aliphatic carbocycles. The number of hydrogen-bond acceptors (Lipinski definition) is 4. The highest BCUT2D eigenvalue weighted by Gasteiger charge is 2.31. The predicted molar refractivity (Wildman–Crippen MR) is 90.0 cm³/mol. The lowest BCUT2D eigenvalue weighted by Crippen LogP contribution is -2.30. The van der Waals surface area contributed by atoms with Crippen molar-refractivity contribution in [3.05, 3.63) is 35.4 Å². The van der Waals surface area contributed by atoms with Gasteiger partial charge < -0.3 is 20.1 Å². The molecule has 1 aromatic carbocycles. The quantitative estimate of drug-likeness (QED) is 0.870. The van der Waals surface area contributed by atoms with Crippen LogP contribution in [0.5, 0.6) is 0 Å². The maximum absolute atomic E-state index is 12.9. The zero-order valence-electron chi connectivity index (χ0n) is 14.4. The molecule has 7 nitrogen and oxygen atoms in total. The van der Waals surface area contributed by atoms with Crippen molar-refractivity contribution in [1.82, 2.24) is 20.1 Å². The van der Waals surface area contributed by atoms with E-state index in [1.807, 2.05) is 4.57 Å². The molecule has 2 aromatic rings. The van der Waals surface area contributed by atoms with Gasteiger partial charge in [-0.05, 0) is 24.6 Å². The van der Waals surface area contributed by atoms with E-state index in [1.165, 1.54) is 6.07 Å². The molecule has 26 heavy (non-hydrogen) atoms. The van der Waals surface area contributed by atoms with E-state index in [2.05, 4.69) is 20.8 Å². The fourth-order valence-electron chi connectivity index (χ4n) is 2.87. The van der Waals surface area contributed by atoms with Crippen LogP contribution in [-0.4, -0.2) is 34.9 Å². The largest absolute Gasteiger partial charge is 0.416 e. The molecule has 0 unspecified atom stereocenters. The van der Waals surface area contributed by atoms with Gasteiger partial charge >= 0.3 is 12.2 Å². The molecule has 10 heteroatoms. The predicted octanol–water partition coefficient (Wildman–Crippen LogP) is 2.63. The van der Waals surface area contributed by atoms with Gasteiger partial charge in [0.2, 0.25) is 0 Å². The number of carbonyl (C=O) groups is 1. The normalized spacial score (nSPS) is 13.4. The van der Waals surface area contributed by atoms with Crippen LogP contribution in [0.25, 0.3) is 0 Å². The third kappa shape index (κ3) is 3.73. The molecule has 1 aliphatic rings. The molecular formula is C16H19F3N6O. The Kier molecular flexibility index (Phi) is 4.75. The number of benzene rings is 1. The maximum Gasteiger partial charge on any atom is 0.416 e. The summed E-state index contributed by atoms with van der Waals surface area (Å²) in [6, 6.07) is 2.62. The number of aromatic nitrogens is 3. The van der Waals surface area contributed by atoms with E-state index in [0.717, 1.165) is 37.3 Å². The first kappa shape index (κ1) is 18.0. The highest BCUT2D eigenvalue weighted by Crippen LogP contribution is 2.34. The summed E-state index contributed by atoms with van der Waals surface area (Å²) < 4.78 is 40.8. The van der Waals surface area contributed by atoms with Crippen molar-refractivity contribution in [2.75, 3.05) is 24.3 Å². The number of aryl methyl sites for hydroxylation is 1. The SMILES string of the molecule is CN(C)c1ccc(C(F)(F)F)cc1NC(=O)NCc1nnc2n1CCC2. The van der Waals surface area contributed by atoms with Gasteiger partial charge in [0, 0.05) is 27.1 Å². The van der Waals surface area contributed by atoms with Gasteiger partial charge in [-0.1, -0.05) is 0 Å². The number of urea groups is 1. The van der Waals surface area contributed by atoms with Gasteiger partial charge in [-0.15, -0.1) is 10.2 Å². The number of nitrogens with one attached hydrogen (secondary N) is 2. The zero-order valence-corrected chi connectivity index (χ0v) is 14.4. The third-order valence-corrected chi connectivity index (χ3v) is 4.15. The fraction of sp³-hybridized carbons (Fsp3) is 0.438. The summed E-state index contributed by atoms with van der Waals surface area (Å²) in [4.78, 5) is 13.8. The summed E-state index contributed by atoms with van der Waals surface area (Å²) in [6.07, 6.45) is -2.64. The fourth-order valence-corrected chi connectivity index (χ4v) is 2.87. The molecule has 2 amide bonds. The van der Waals surface area contributed by atoms with Crippen molar-refractivity contribution < 1.29 is 18.0 Å². The lowest BCUT2D eigenvalue weighted by atomic mass is 10.1. The molecule has 0 saturated heterocycles. The molecule has 0 saturated carbocycles. The first-order chi connectivity index (χ1) is 12.3. The Hall–Kier alpha value is -2.78. The Morgan fingerprint density at radius 3 is 2.77 bits per heavy atom. The number of alkyl halides is 3. The van der Waals surface area contributed by atoms with Crippen molar-refractivity contribution in [1.29, 1.82) is 0 Å². The van der Waals surface area contributed by atoms with E-state index in [0.29, 0.717) is 11.5 Å². The van der Waals surface area contributed by atoms with Crippen LogP contribution in [-0.2, 0) is 25.7 Å². The molecule has 0 spiro atoms. The number of hydrogen-bond donors (Lipinski definition) is 2. The number of halogens is 3. The average Bonchev–Trinajstić information content (AvgIpc) is 3.15. The maximum atomic E-state index is 12.9. The van der Waals surface area contributed by atoms with Gasteiger partial charge in [-0.25, -0.2) is 4.79 Å². The van der Waals surface area contributed by atoms with Crippen LogP contribution in [0.1, 0.15) is 23.6 Å². The minimum atomic E-state index is -4.49. The average molecular weight is 368 g/mol. The van der Waals surface area contributed by atoms with Gasteiger partial charge in [0.25, 0.3) is 0 Å². The molecule has 2 heterocycles. The van der Waals surface area contributed by atoms with Gasteiger partial charge in [-0.2, -0.15) is 13.2 Å². The minimum absolute atomic E-state index is 0.0776. The van der Waals surface area contributed by atoms with E-state index in [1.54, 1.807) is 19.0 Å². The second kappa shape index (κ2) is 6.85. The molecule has 0 atom stereocenters. The Bertz CT molecular complexity index is 815. The lowest BCUT2D eigenvalue weighted by Gasteiger charge is -2.20. The molecular weight excluding hydrogens is 349 g/mol. The number of anilines is 2. The van der Waals surface area contributed by atoms with E-state index < -0.39 is 17.8 Å². The molecule has 1 aromatic heterocycles. The van der Waals surface area contributed by atoms with Crippen LogP contribution >= 0.6 is 0 Å². The third-order valence-electron chi connectivity index (χ3n) is 4.15. The summed E-state index contributed by atoms with van der Waals surface area (Å²) in [5, 5.41) is 13.2. The summed E-state index contributed by atoms with van der Waals surface area (Å²) in [7, 11) is 3.37.